The highest BCUT2D eigenvalue weighted by Crippen LogP contribution is 2.44. The average Bonchev–Trinajstić information content (AvgIpc) is 3.81. The van der Waals surface area contributed by atoms with Gasteiger partial charge in [-0.15, -0.1) is 0 Å². The number of halogens is 1. The molecule has 7 nitrogen and oxygen atoms in total. The van der Waals surface area contributed by atoms with Crippen LogP contribution in [0.15, 0.2) is 65.6 Å². The van der Waals surface area contributed by atoms with Crippen LogP contribution in [0.3, 0.4) is 0 Å². The number of rotatable bonds is 6. The maximum absolute atomic E-state index is 14.9. The van der Waals surface area contributed by atoms with E-state index in [0.29, 0.717) is 62.2 Å². The number of nitrogens with one attached hydrogen (secondary N) is 2. The Morgan fingerprint density at radius 1 is 1.03 bits per heavy atom. The van der Waals surface area contributed by atoms with Gasteiger partial charge in [-0.3, -0.25) is 9.78 Å². The van der Waals surface area contributed by atoms with Crippen molar-refractivity contribution in [1.29, 1.82) is 0 Å². The van der Waals surface area contributed by atoms with E-state index in [1.165, 1.54) is 30.5 Å². The molecule has 8 heteroatoms. The van der Waals surface area contributed by atoms with Gasteiger partial charge >= 0.3 is 0 Å². The van der Waals surface area contributed by atoms with Crippen LogP contribution in [0.25, 0.3) is 11.3 Å². The van der Waals surface area contributed by atoms with E-state index in [2.05, 4.69) is 38.4 Å². The minimum absolute atomic E-state index is 0.240. The van der Waals surface area contributed by atoms with Crippen LogP contribution in [0.1, 0.15) is 41.1 Å². The molecule has 1 saturated carbocycles. The van der Waals surface area contributed by atoms with E-state index in [1.807, 2.05) is 24.4 Å². The Labute approximate surface area is 225 Å². The predicted octanol–water partition coefficient (Wildman–Crippen LogP) is 5.60. The molecule has 0 amide bonds. The van der Waals surface area contributed by atoms with Crippen LogP contribution in [0, 0.1) is 5.82 Å². The summed E-state index contributed by atoms with van der Waals surface area (Å²) in [6.45, 7) is 3.25. The molecule has 4 aromatic rings. The maximum Gasteiger partial charge on any atom is 0.250 e. The van der Waals surface area contributed by atoms with Gasteiger partial charge in [-0.05, 0) is 72.9 Å². The first-order valence-corrected chi connectivity index (χ1v) is 13.5. The molecule has 2 aromatic carbocycles. The van der Waals surface area contributed by atoms with E-state index in [1.54, 1.807) is 6.07 Å². The van der Waals surface area contributed by atoms with Crippen LogP contribution in [0.5, 0.6) is 11.5 Å². The van der Waals surface area contributed by atoms with Crippen LogP contribution < -0.4 is 20.5 Å². The summed E-state index contributed by atoms with van der Waals surface area (Å²) in [6, 6.07) is 16.7. The third-order valence-electron chi connectivity index (χ3n) is 7.64. The molecule has 0 bridgehead atoms. The molecular weight excluding hydrogens is 495 g/mol. The first-order valence-electron chi connectivity index (χ1n) is 13.5. The molecule has 0 radical (unpaired) electrons. The van der Waals surface area contributed by atoms with Crippen molar-refractivity contribution in [1.82, 2.24) is 9.97 Å². The van der Waals surface area contributed by atoms with E-state index in [-0.39, 0.29) is 11.4 Å². The molecule has 2 aromatic heterocycles. The van der Waals surface area contributed by atoms with Crippen molar-refractivity contribution < 1.29 is 13.9 Å². The van der Waals surface area contributed by atoms with Crippen molar-refractivity contribution in [3.8, 4) is 22.8 Å². The SMILES string of the molecule is O=c1cc(N2CCOCC2)cc(-c2cc(F)cc3c2Oc2ccc(NCc4cc(C5CC5)ccn4)cc2C3)[nH]1. The first-order chi connectivity index (χ1) is 19.1. The standard InChI is InChI=1S/C31H29FN4O3/c32-23-12-22-11-21-14-24(34-18-25-13-20(5-6-33-25)19-1-2-19)3-4-29(21)39-31(22)27(15-23)28-16-26(17-30(37)35-28)36-7-9-38-10-8-36/h3-6,12-17,19,34H,1-2,7-11,18H2,(H,35,37). The highest BCUT2D eigenvalue weighted by molar-refractivity contribution is 5.74. The van der Waals surface area contributed by atoms with Crippen molar-refractivity contribution in [3.63, 3.8) is 0 Å². The Kier molecular flexibility index (Phi) is 6.04. The van der Waals surface area contributed by atoms with Gasteiger partial charge in [-0.25, -0.2) is 4.39 Å². The largest absolute Gasteiger partial charge is 0.456 e. The molecule has 39 heavy (non-hydrogen) atoms. The van der Waals surface area contributed by atoms with Gasteiger partial charge in [-0.1, -0.05) is 0 Å². The van der Waals surface area contributed by atoms with Gasteiger partial charge in [0.1, 0.15) is 17.3 Å². The number of anilines is 2. The van der Waals surface area contributed by atoms with Gasteiger partial charge < -0.3 is 24.7 Å². The molecular formula is C31H29FN4O3. The molecule has 0 atom stereocenters. The predicted molar refractivity (Wildman–Crippen MR) is 148 cm³/mol. The number of hydrogen-bond acceptors (Lipinski definition) is 6. The zero-order chi connectivity index (χ0) is 26.3. The van der Waals surface area contributed by atoms with Crippen LogP contribution >= 0.6 is 0 Å². The van der Waals surface area contributed by atoms with Crippen LogP contribution in [-0.2, 0) is 17.7 Å². The molecule has 3 aliphatic rings. The normalized spacial score (nSPS) is 16.3. The van der Waals surface area contributed by atoms with Crippen LogP contribution in [-0.4, -0.2) is 36.3 Å². The van der Waals surface area contributed by atoms with Crippen molar-refractivity contribution in [2.75, 3.05) is 36.5 Å². The van der Waals surface area contributed by atoms with Gasteiger partial charge in [0.2, 0.25) is 5.56 Å². The first kappa shape index (κ1) is 23.9. The lowest BCUT2D eigenvalue weighted by Gasteiger charge is -2.29. The van der Waals surface area contributed by atoms with Gasteiger partial charge in [0.25, 0.3) is 0 Å². The summed E-state index contributed by atoms with van der Waals surface area (Å²) in [7, 11) is 0. The Balaban J connectivity index is 1.15. The van der Waals surface area contributed by atoms with Crippen molar-refractivity contribution >= 4 is 11.4 Å². The number of pyridine rings is 2. The summed E-state index contributed by atoms with van der Waals surface area (Å²) in [5.74, 6) is 1.61. The average molecular weight is 525 g/mol. The zero-order valence-corrected chi connectivity index (χ0v) is 21.5. The third-order valence-corrected chi connectivity index (χ3v) is 7.64. The summed E-state index contributed by atoms with van der Waals surface area (Å²) in [5, 5.41) is 3.47. The fourth-order valence-corrected chi connectivity index (χ4v) is 5.48. The van der Waals surface area contributed by atoms with E-state index in [4.69, 9.17) is 9.47 Å². The Morgan fingerprint density at radius 3 is 2.74 bits per heavy atom. The number of aromatic amines is 1. The Hall–Kier alpha value is -4.17. The van der Waals surface area contributed by atoms with Crippen molar-refractivity contribution in [2.24, 2.45) is 0 Å². The molecule has 4 heterocycles. The summed E-state index contributed by atoms with van der Waals surface area (Å²) in [4.78, 5) is 22.1. The lowest BCUT2D eigenvalue weighted by Crippen LogP contribution is -2.36. The number of benzene rings is 2. The van der Waals surface area contributed by atoms with Crippen molar-refractivity contribution in [3.05, 3.63) is 99.3 Å². The molecule has 198 valence electrons. The van der Waals surface area contributed by atoms with Gasteiger partial charge in [-0.2, -0.15) is 0 Å². The number of fused-ring (bicyclic) bond motifs is 2. The number of aromatic nitrogens is 2. The van der Waals surface area contributed by atoms with E-state index >= 15 is 0 Å². The lowest BCUT2D eigenvalue weighted by molar-refractivity contribution is 0.122. The van der Waals surface area contributed by atoms with Crippen LogP contribution in [0.2, 0.25) is 0 Å². The monoisotopic (exact) mass is 524 g/mol. The van der Waals surface area contributed by atoms with E-state index < -0.39 is 0 Å². The topological polar surface area (TPSA) is 79.5 Å². The summed E-state index contributed by atoms with van der Waals surface area (Å²) >= 11 is 0. The number of ether oxygens (including phenoxy) is 2. The highest BCUT2D eigenvalue weighted by atomic mass is 19.1. The quantitative estimate of drug-likeness (QED) is 0.301. The smallest absolute Gasteiger partial charge is 0.250 e. The Bertz CT molecular complexity index is 1610. The number of nitrogens with zero attached hydrogens (tertiary/aromatic N) is 2. The van der Waals surface area contributed by atoms with E-state index in [9.17, 15) is 9.18 Å². The second kappa shape index (κ2) is 9.85. The van der Waals surface area contributed by atoms with Gasteiger partial charge in [0.05, 0.1) is 31.1 Å². The number of hydrogen-bond donors (Lipinski definition) is 2. The van der Waals surface area contributed by atoms with Crippen molar-refractivity contribution in [2.45, 2.75) is 31.7 Å². The fourth-order valence-electron chi connectivity index (χ4n) is 5.48. The minimum atomic E-state index is -0.371. The number of H-pyrrole nitrogens is 1. The summed E-state index contributed by atoms with van der Waals surface area (Å²) in [5.41, 5.74) is 6.67. The molecule has 0 unspecified atom stereocenters. The molecule has 0 spiro atoms. The second-order valence-corrected chi connectivity index (χ2v) is 10.5. The second-order valence-electron chi connectivity index (χ2n) is 10.5. The summed E-state index contributed by atoms with van der Waals surface area (Å²) in [6.07, 6.45) is 4.94. The molecule has 2 fully saturated rings. The third kappa shape index (κ3) is 5.00. The Morgan fingerprint density at radius 2 is 1.90 bits per heavy atom. The molecule has 2 aliphatic heterocycles. The molecule has 2 N–H and O–H groups in total. The fraction of sp³-hybridized carbons (Fsp3) is 0.290. The molecule has 7 rings (SSSR count). The van der Waals surface area contributed by atoms with Crippen LogP contribution in [0.4, 0.5) is 15.8 Å². The lowest BCUT2D eigenvalue weighted by atomic mass is 9.95. The van der Waals surface area contributed by atoms with Gasteiger partial charge in [0, 0.05) is 59.8 Å². The van der Waals surface area contributed by atoms with E-state index in [0.717, 1.165) is 33.9 Å². The molecule has 1 saturated heterocycles. The van der Waals surface area contributed by atoms with Gasteiger partial charge in [0.15, 0.2) is 0 Å². The zero-order valence-electron chi connectivity index (χ0n) is 21.5. The maximum atomic E-state index is 14.9. The highest BCUT2D eigenvalue weighted by Gasteiger charge is 2.25. The molecule has 1 aliphatic carbocycles. The summed E-state index contributed by atoms with van der Waals surface area (Å²) < 4.78 is 26.7. The number of morpholine rings is 1. The minimum Gasteiger partial charge on any atom is -0.456 e.